The molecule has 1 aromatic rings. The lowest BCUT2D eigenvalue weighted by Crippen LogP contribution is -2.30. The maximum absolute atomic E-state index is 13.0. The summed E-state index contributed by atoms with van der Waals surface area (Å²) < 4.78 is 38.6. The molecule has 0 aromatic heterocycles. The minimum Gasteiger partial charge on any atom is -0.396 e. The van der Waals surface area contributed by atoms with Crippen molar-refractivity contribution in [3.8, 4) is 0 Å². The molecule has 1 aromatic carbocycles. The van der Waals surface area contributed by atoms with E-state index in [4.69, 9.17) is 22.4 Å². The van der Waals surface area contributed by atoms with Gasteiger partial charge < -0.3 is 10.8 Å². The first-order valence-electron chi connectivity index (χ1n) is 4.66. The van der Waals surface area contributed by atoms with E-state index in [2.05, 4.69) is 4.72 Å². The highest BCUT2D eigenvalue weighted by Crippen LogP contribution is 2.26. The van der Waals surface area contributed by atoms with Crippen molar-refractivity contribution in [2.24, 2.45) is 0 Å². The molecule has 96 valence electrons. The van der Waals surface area contributed by atoms with Crippen molar-refractivity contribution >= 4 is 27.3 Å². The number of nitrogen functional groups attached to an aromatic ring is 1. The van der Waals surface area contributed by atoms with Crippen LogP contribution in [0, 0.1) is 5.82 Å². The van der Waals surface area contributed by atoms with E-state index < -0.39 is 21.9 Å². The van der Waals surface area contributed by atoms with Gasteiger partial charge in [0.15, 0.2) is 0 Å². The molecule has 1 rings (SSSR count). The zero-order valence-corrected chi connectivity index (χ0v) is 10.5. The molecule has 0 amide bonds. The Labute approximate surface area is 103 Å². The van der Waals surface area contributed by atoms with Crippen LogP contribution < -0.4 is 10.5 Å². The van der Waals surface area contributed by atoms with Gasteiger partial charge in [0.1, 0.15) is 10.7 Å². The number of rotatable bonds is 4. The maximum Gasteiger partial charge on any atom is 0.242 e. The number of anilines is 1. The number of hydrogen-bond donors (Lipinski definition) is 3. The van der Waals surface area contributed by atoms with Crippen molar-refractivity contribution in [1.29, 1.82) is 0 Å². The van der Waals surface area contributed by atoms with Crippen LogP contribution in [0.1, 0.15) is 6.92 Å². The van der Waals surface area contributed by atoms with Crippen LogP contribution in [0.5, 0.6) is 0 Å². The fourth-order valence-electron chi connectivity index (χ4n) is 1.06. The Hall–Kier alpha value is -0.890. The molecule has 0 radical (unpaired) electrons. The van der Waals surface area contributed by atoms with Crippen molar-refractivity contribution in [2.45, 2.75) is 17.9 Å². The summed E-state index contributed by atoms with van der Waals surface area (Å²) in [4.78, 5) is -0.321. The van der Waals surface area contributed by atoms with Crippen LogP contribution in [0.4, 0.5) is 10.1 Å². The predicted molar refractivity (Wildman–Crippen MR) is 62.7 cm³/mol. The second kappa shape index (κ2) is 5.18. The molecule has 0 spiro atoms. The van der Waals surface area contributed by atoms with Gasteiger partial charge in [-0.15, -0.1) is 0 Å². The number of sulfonamides is 1. The van der Waals surface area contributed by atoms with Crippen molar-refractivity contribution in [3.05, 3.63) is 23.0 Å². The molecule has 0 aliphatic carbocycles. The molecular weight excluding hydrogens is 271 g/mol. The number of nitrogens with two attached hydrogens (primary N) is 1. The third-order valence-electron chi connectivity index (χ3n) is 1.91. The average Bonchev–Trinajstić information content (AvgIpc) is 2.20. The van der Waals surface area contributed by atoms with Gasteiger partial charge in [0.05, 0.1) is 16.8 Å². The number of aliphatic hydroxyl groups is 1. The Morgan fingerprint density at radius 3 is 2.71 bits per heavy atom. The summed E-state index contributed by atoms with van der Waals surface area (Å²) in [6, 6.07) is 1.76. The Morgan fingerprint density at radius 1 is 1.59 bits per heavy atom. The number of aliphatic hydroxyl groups excluding tert-OH is 1. The van der Waals surface area contributed by atoms with Gasteiger partial charge in [-0.2, -0.15) is 0 Å². The van der Waals surface area contributed by atoms with E-state index in [1.54, 1.807) is 0 Å². The first kappa shape index (κ1) is 14.2. The average molecular weight is 283 g/mol. The summed E-state index contributed by atoms with van der Waals surface area (Å²) in [6.45, 7) is 1.25. The standard InChI is InChI=1S/C9H12ClFN2O3S/c1-5(14)4-13-17(15,16)9-3-8(12)7(11)2-6(9)10/h2-3,5,13-14H,4,12H2,1H3. The lowest BCUT2D eigenvalue weighted by molar-refractivity contribution is 0.198. The van der Waals surface area contributed by atoms with Crippen LogP contribution in [-0.2, 0) is 10.0 Å². The number of nitrogens with one attached hydrogen (secondary N) is 1. The summed E-state index contributed by atoms with van der Waals surface area (Å²) in [5, 5.41) is 8.72. The number of hydrogen-bond acceptors (Lipinski definition) is 4. The normalized spacial score (nSPS) is 13.6. The van der Waals surface area contributed by atoms with E-state index in [0.29, 0.717) is 0 Å². The van der Waals surface area contributed by atoms with Crippen molar-refractivity contribution in [2.75, 3.05) is 12.3 Å². The molecule has 17 heavy (non-hydrogen) atoms. The quantitative estimate of drug-likeness (QED) is 0.710. The summed E-state index contributed by atoms with van der Waals surface area (Å²) in [5.41, 5.74) is 4.95. The van der Waals surface area contributed by atoms with E-state index in [1.165, 1.54) is 6.92 Å². The highest BCUT2D eigenvalue weighted by Gasteiger charge is 2.20. The van der Waals surface area contributed by atoms with Gasteiger partial charge in [-0.25, -0.2) is 17.5 Å². The number of benzene rings is 1. The summed E-state index contributed by atoms with van der Waals surface area (Å²) in [6.07, 6.45) is -0.846. The lowest BCUT2D eigenvalue weighted by Gasteiger charge is -2.10. The van der Waals surface area contributed by atoms with Crippen LogP contribution in [0.2, 0.25) is 5.02 Å². The first-order valence-corrected chi connectivity index (χ1v) is 6.52. The molecule has 0 saturated carbocycles. The molecule has 0 aliphatic heterocycles. The Bertz CT molecular complexity index is 519. The molecule has 0 fully saturated rings. The summed E-state index contributed by atoms with van der Waals surface area (Å²) >= 11 is 5.62. The van der Waals surface area contributed by atoms with Crippen LogP contribution in [0.15, 0.2) is 17.0 Å². The van der Waals surface area contributed by atoms with Gasteiger partial charge >= 0.3 is 0 Å². The topological polar surface area (TPSA) is 92.4 Å². The first-order chi connectivity index (χ1) is 7.74. The van der Waals surface area contributed by atoms with Gasteiger partial charge in [-0.05, 0) is 19.1 Å². The predicted octanol–water partition coefficient (Wildman–Crippen LogP) is 0.720. The van der Waals surface area contributed by atoms with Gasteiger partial charge in [0, 0.05) is 6.54 Å². The van der Waals surface area contributed by atoms with E-state index >= 15 is 0 Å². The third-order valence-corrected chi connectivity index (χ3v) is 3.80. The van der Waals surface area contributed by atoms with E-state index in [-0.39, 0.29) is 22.2 Å². The number of halogens is 2. The van der Waals surface area contributed by atoms with Crippen molar-refractivity contribution < 1.29 is 17.9 Å². The molecule has 0 saturated heterocycles. The molecule has 0 aliphatic rings. The minimum atomic E-state index is -3.91. The molecule has 4 N–H and O–H groups in total. The molecule has 8 heteroatoms. The zero-order chi connectivity index (χ0) is 13.2. The van der Waals surface area contributed by atoms with Gasteiger partial charge in [0.25, 0.3) is 0 Å². The Morgan fingerprint density at radius 2 is 2.18 bits per heavy atom. The molecular formula is C9H12ClFN2O3S. The monoisotopic (exact) mass is 282 g/mol. The molecule has 0 bridgehead atoms. The zero-order valence-electron chi connectivity index (χ0n) is 8.94. The van der Waals surface area contributed by atoms with Crippen LogP contribution in [-0.4, -0.2) is 26.2 Å². The van der Waals surface area contributed by atoms with E-state index in [0.717, 1.165) is 12.1 Å². The maximum atomic E-state index is 13.0. The molecule has 1 unspecified atom stereocenters. The highest BCUT2D eigenvalue weighted by molar-refractivity contribution is 7.89. The van der Waals surface area contributed by atoms with Crippen LogP contribution in [0.3, 0.4) is 0 Å². The summed E-state index contributed by atoms with van der Waals surface area (Å²) in [5.74, 6) is -0.788. The van der Waals surface area contributed by atoms with Crippen LogP contribution >= 0.6 is 11.6 Å². The fourth-order valence-corrected chi connectivity index (χ4v) is 2.73. The third kappa shape index (κ3) is 3.53. The van der Waals surface area contributed by atoms with Crippen LogP contribution in [0.25, 0.3) is 0 Å². The van der Waals surface area contributed by atoms with Gasteiger partial charge in [0.2, 0.25) is 10.0 Å². The van der Waals surface area contributed by atoms with E-state index in [9.17, 15) is 12.8 Å². The summed E-state index contributed by atoms with van der Waals surface area (Å²) in [7, 11) is -3.91. The smallest absolute Gasteiger partial charge is 0.242 e. The highest BCUT2D eigenvalue weighted by atomic mass is 35.5. The minimum absolute atomic E-state index is 0.171. The molecule has 1 atom stereocenters. The van der Waals surface area contributed by atoms with Crippen molar-refractivity contribution in [1.82, 2.24) is 4.72 Å². The van der Waals surface area contributed by atoms with Crippen molar-refractivity contribution in [3.63, 3.8) is 0 Å². The molecule has 5 nitrogen and oxygen atoms in total. The van der Waals surface area contributed by atoms with Gasteiger partial charge in [-0.3, -0.25) is 0 Å². The Balaban J connectivity index is 3.11. The lowest BCUT2D eigenvalue weighted by atomic mass is 10.3. The Kier molecular flexibility index (Phi) is 4.31. The largest absolute Gasteiger partial charge is 0.396 e. The second-order valence-electron chi connectivity index (χ2n) is 3.51. The SMILES string of the molecule is CC(O)CNS(=O)(=O)c1cc(N)c(F)cc1Cl. The molecule has 0 heterocycles. The fraction of sp³-hybridized carbons (Fsp3) is 0.333. The van der Waals surface area contributed by atoms with Gasteiger partial charge in [-0.1, -0.05) is 11.6 Å². The van der Waals surface area contributed by atoms with E-state index in [1.807, 2.05) is 0 Å². The second-order valence-corrected chi connectivity index (χ2v) is 5.65.